The highest BCUT2D eigenvalue weighted by molar-refractivity contribution is 5.45. The fourth-order valence-corrected chi connectivity index (χ4v) is 4.82. The van der Waals surface area contributed by atoms with Crippen LogP contribution in [0.2, 0.25) is 0 Å². The van der Waals surface area contributed by atoms with Gasteiger partial charge < -0.3 is 0 Å². The van der Waals surface area contributed by atoms with Gasteiger partial charge in [0.25, 0.3) is 0 Å². The highest BCUT2D eigenvalue weighted by Crippen LogP contribution is 2.65. The standard InChI is InChI=1S/C25H22N4/c1-17-27-15-13-21(29-17)25-22(18-8-4-2-5-9-18)24(20-12-14-26-16-28-20)23(25)19-10-6-3-7-11-19/h2-16,22-25H,1H3/t22-,23-,24-,25-/m0/s1. The molecule has 0 saturated heterocycles. The van der Waals surface area contributed by atoms with Gasteiger partial charge in [0, 0.05) is 47.5 Å². The van der Waals surface area contributed by atoms with Crippen LogP contribution in [0.1, 0.15) is 52.0 Å². The van der Waals surface area contributed by atoms with Gasteiger partial charge in [0.05, 0.1) is 0 Å². The van der Waals surface area contributed by atoms with Gasteiger partial charge in [0.15, 0.2) is 0 Å². The van der Waals surface area contributed by atoms with Crippen molar-refractivity contribution in [3.05, 3.63) is 120 Å². The molecule has 0 unspecified atom stereocenters. The Balaban J connectivity index is 1.68. The van der Waals surface area contributed by atoms with Crippen LogP contribution < -0.4 is 0 Å². The molecule has 0 bridgehead atoms. The lowest BCUT2D eigenvalue weighted by molar-refractivity contribution is 0.219. The summed E-state index contributed by atoms with van der Waals surface area (Å²) in [5.41, 5.74) is 4.84. The van der Waals surface area contributed by atoms with Crippen LogP contribution in [0, 0.1) is 6.92 Å². The van der Waals surface area contributed by atoms with Gasteiger partial charge in [-0.2, -0.15) is 0 Å². The van der Waals surface area contributed by atoms with E-state index < -0.39 is 0 Å². The fraction of sp³-hybridized carbons (Fsp3) is 0.200. The maximum absolute atomic E-state index is 4.83. The summed E-state index contributed by atoms with van der Waals surface area (Å²) in [6.45, 7) is 1.96. The van der Waals surface area contributed by atoms with Crippen molar-refractivity contribution < 1.29 is 0 Å². The second kappa shape index (κ2) is 7.55. The third kappa shape index (κ3) is 3.21. The molecular weight excluding hydrogens is 356 g/mol. The third-order valence-corrected chi connectivity index (χ3v) is 6.00. The molecule has 1 saturated carbocycles. The zero-order chi connectivity index (χ0) is 19.6. The van der Waals surface area contributed by atoms with Gasteiger partial charge in [-0.15, -0.1) is 0 Å². The molecule has 0 spiro atoms. The minimum Gasteiger partial charge on any atom is -0.245 e. The summed E-state index contributed by atoms with van der Waals surface area (Å²) >= 11 is 0. The lowest BCUT2D eigenvalue weighted by atomic mass is 9.50. The van der Waals surface area contributed by atoms with Crippen LogP contribution in [-0.4, -0.2) is 19.9 Å². The average molecular weight is 378 g/mol. The number of hydrogen-bond donors (Lipinski definition) is 0. The molecule has 0 radical (unpaired) electrons. The Morgan fingerprint density at radius 2 is 1.17 bits per heavy atom. The van der Waals surface area contributed by atoms with E-state index in [4.69, 9.17) is 4.98 Å². The molecule has 4 heteroatoms. The number of benzene rings is 2. The minimum atomic E-state index is 0.265. The second-order valence-electron chi connectivity index (χ2n) is 7.59. The summed E-state index contributed by atoms with van der Waals surface area (Å²) in [6.07, 6.45) is 5.37. The molecule has 2 heterocycles. The average Bonchev–Trinajstić information content (AvgIpc) is 2.75. The monoisotopic (exact) mass is 378 g/mol. The van der Waals surface area contributed by atoms with Crippen LogP contribution in [0.4, 0.5) is 0 Å². The van der Waals surface area contributed by atoms with Gasteiger partial charge in [-0.1, -0.05) is 60.7 Å². The van der Waals surface area contributed by atoms with Gasteiger partial charge in [-0.3, -0.25) is 0 Å². The third-order valence-electron chi connectivity index (χ3n) is 6.00. The summed E-state index contributed by atoms with van der Waals surface area (Å²) in [4.78, 5) is 17.9. The first kappa shape index (κ1) is 17.7. The van der Waals surface area contributed by atoms with Gasteiger partial charge >= 0.3 is 0 Å². The zero-order valence-corrected chi connectivity index (χ0v) is 16.3. The van der Waals surface area contributed by atoms with E-state index in [9.17, 15) is 0 Å². The van der Waals surface area contributed by atoms with Crippen molar-refractivity contribution >= 4 is 0 Å². The van der Waals surface area contributed by atoms with E-state index in [0.29, 0.717) is 11.8 Å². The molecule has 142 valence electrons. The van der Waals surface area contributed by atoms with E-state index in [2.05, 4.69) is 87.7 Å². The van der Waals surface area contributed by atoms with Gasteiger partial charge in [-0.05, 0) is 30.2 Å². The molecule has 1 aliphatic rings. The molecule has 2 atom stereocenters. The maximum Gasteiger partial charge on any atom is 0.125 e. The van der Waals surface area contributed by atoms with Crippen LogP contribution in [0.5, 0.6) is 0 Å². The lowest BCUT2D eigenvalue weighted by Gasteiger charge is -2.52. The molecule has 4 aromatic rings. The summed E-state index contributed by atoms with van der Waals surface area (Å²) in [7, 11) is 0. The first-order chi connectivity index (χ1) is 14.3. The number of aryl methyl sites for hydroxylation is 1. The Morgan fingerprint density at radius 1 is 0.586 bits per heavy atom. The maximum atomic E-state index is 4.83. The number of nitrogens with zero attached hydrogens (tertiary/aromatic N) is 4. The van der Waals surface area contributed by atoms with E-state index >= 15 is 0 Å². The van der Waals surface area contributed by atoms with Crippen LogP contribution in [-0.2, 0) is 0 Å². The van der Waals surface area contributed by atoms with E-state index in [1.165, 1.54) is 11.1 Å². The van der Waals surface area contributed by atoms with E-state index in [1.807, 2.05) is 19.3 Å². The normalized spacial score (nSPS) is 23.3. The van der Waals surface area contributed by atoms with Crippen molar-refractivity contribution in [2.24, 2.45) is 0 Å². The topological polar surface area (TPSA) is 51.6 Å². The van der Waals surface area contributed by atoms with E-state index in [0.717, 1.165) is 17.2 Å². The predicted octanol–water partition coefficient (Wildman–Crippen LogP) is 5.02. The molecule has 29 heavy (non-hydrogen) atoms. The second-order valence-corrected chi connectivity index (χ2v) is 7.59. The van der Waals surface area contributed by atoms with Crippen molar-refractivity contribution in [3.63, 3.8) is 0 Å². The molecule has 0 N–H and O–H groups in total. The van der Waals surface area contributed by atoms with Crippen LogP contribution in [0.3, 0.4) is 0 Å². The van der Waals surface area contributed by atoms with Crippen LogP contribution in [0.15, 0.2) is 91.5 Å². The Labute approximate surface area is 170 Å². The molecule has 5 rings (SSSR count). The van der Waals surface area contributed by atoms with Crippen molar-refractivity contribution in [3.8, 4) is 0 Å². The SMILES string of the molecule is Cc1nccc([C@H]2[C@@H](c3ccccc3)[C@H](c3ccncn3)[C@@H]2c2ccccc2)n1. The Morgan fingerprint density at radius 3 is 1.72 bits per heavy atom. The first-order valence-electron chi connectivity index (χ1n) is 9.98. The number of hydrogen-bond acceptors (Lipinski definition) is 4. The fourth-order valence-electron chi connectivity index (χ4n) is 4.82. The molecule has 2 aromatic carbocycles. The molecule has 0 aliphatic heterocycles. The predicted molar refractivity (Wildman–Crippen MR) is 113 cm³/mol. The smallest absolute Gasteiger partial charge is 0.125 e. The van der Waals surface area contributed by atoms with Crippen molar-refractivity contribution in [1.82, 2.24) is 19.9 Å². The van der Waals surface area contributed by atoms with Crippen LogP contribution >= 0.6 is 0 Å². The van der Waals surface area contributed by atoms with Gasteiger partial charge in [0.1, 0.15) is 12.2 Å². The highest BCUT2D eigenvalue weighted by atomic mass is 14.9. The highest BCUT2D eigenvalue weighted by Gasteiger charge is 2.54. The molecular formula is C25H22N4. The number of aromatic nitrogens is 4. The molecule has 4 nitrogen and oxygen atoms in total. The van der Waals surface area contributed by atoms with Crippen molar-refractivity contribution in [2.75, 3.05) is 0 Å². The summed E-state index contributed by atoms with van der Waals surface area (Å²) in [6, 6.07) is 25.6. The van der Waals surface area contributed by atoms with Crippen LogP contribution in [0.25, 0.3) is 0 Å². The first-order valence-corrected chi connectivity index (χ1v) is 9.98. The molecule has 2 aromatic heterocycles. The Kier molecular flexibility index (Phi) is 4.60. The van der Waals surface area contributed by atoms with E-state index in [1.54, 1.807) is 6.33 Å². The minimum absolute atomic E-state index is 0.265. The summed E-state index contributed by atoms with van der Waals surface area (Å²) < 4.78 is 0. The zero-order valence-electron chi connectivity index (χ0n) is 16.3. The quantitative estimate of drug-likeness (QED) is 0.500. The van der Waals surface area contributed by atoms with Gasteiger partial charge in [-0.25, -0.2) is 19.9 Å². The number of rotatable bonds is 4. The Hall–Kier alpha value is -3.40. The largest absolute Gasteiger partial charge is 0.245 e. The Bertz CT molecular complexity index is 1040. The van der Waals surface area contributed by atoms with Gasteiger partial charge in [0.2, 0.25) is 0 Å². The molecule has 1 aliphatic carbocycles. The molecule has 1 fully saturated rings. The van der Waals surface area contributed by atoms with Crippen molar-refractivity contribution in [1.29, 1.82) is 0 Å². The molecule has 0 amide bonds. The summed E-state index contributed by atoms with van der Waals surface area (Å²) in [5, 5.41) is 0. The lowest BCUT2D eigenvalue weighted by Crippen LogP contribution is -2.41. The van der Waals surface area contributed by atoms with Crippen molar-refractivity contribution in [2.45, 2.75) is 30.6 Å². The summed E-state index contributed by atoms with van der Waals surface area (Å²) in [5.74, 6) is 1.94. The van der Waals surface area contributed by atoms with E-state index in [-0.39, 0.29) is 11.8 Å².